The summed E-state index contributed by atoms with van der Waals surface area (Å²) in [6.07, 6.45) is 0. The number of benzene rings is 3. The van der Waals surface area contributed by atoms with Crippen LogP contribution in [0, 0.1) is 12.8 Å². The van der Waals surface area contributed by atoms with E-state index in [2.05, 4.69) is 5.32 Å². The van der Waals surface area contributed by atoms with Crippen LogP contribution in [0.1, 0.15) is 31.9 Å². The van der Waals surface area contributed by atoms with E-state index in [-0.39, 0.29) is 29.0 Å². The highest BCUT2D eigenvalue weighted by Gasteiger charge is 2.33. The highest BCUT2D eigenvalue weighted by atomic mass is 35.5. The van der Waals surface area contributed by atoms with E-state index in [1.54, 1.807) is 68.4 Å². The lowest BCUT2D eigenvalue weighted by molar-refractivity contribution is -0.139. The topological polar surface area (TPSA) is 86.8 Å². The van der Waals surface area contributed by atoms with Crippen LogP contribution >= 0.6 is 23.2 Å². The zero-order chi connectivity index (χ0) is 28.7. The third kappa shape index (κ3) is 7.75. The minimum atomic E-state index is -4.17. The van der Waals surface area contributed by atoms with E-state index >= 15 is 0 Å². The van der Waals surface area contributed by atoms with Crippen molar-refractivity contribution >= 4 is 50.7 Å². The molecule has 0 bridgehead atoms. The lowest BCUT2D eigenvalue weighted by atomic mass is 10.1. The van der Waals surface area contributed by atoms with Gasteiger partial charge in [-0.1, -0.05) is 79.5 Å². The highest BCUT2D eigenvalue weighted by Crippen LogP contribution is 2.30. The predicted octanol–water partition coefficient (Wildman–Crippen LogP) is 5.69. The molecule has 39 heavy (non-hydrogen) atoms. The first-order valence-electron chi connectivity index (χ1n) is 12.6. The maximum Gasteiger partial charge on any atom is 0.264 e. The van der Waals surface area contributed by atoms with Crippen LogP contribution in [0.25, 0.3) is 0 Å². The summed E-state index contributed by atoms with van der Waals surface area (Å²) in [6.45, 7) is 7.20. The molecule has 3 rings (SSSR count). The van der Waals surface area contributed by atoms with E-state index in [0.29, 0.717) is 27.7 Å². The van der Waals surface area contributed by atoms with Crippen molar-refractivity contribution in [2.45, 2.75) is 45.2 Å². The van der Waals surface area contributed by atoms with Crippen LogP contribution in [0.5, 0.6) is 0 Å². The van der Waals surface area contributed by atoms with Crippen molar-refractivity contribution in [1.29, 1.82) is 0 Å². The first-order chi connectivity index (χ1) is 18.4. The second-order valence-electron chi connectivity index (χ2n) is 9.68. The lowest BCUT2D eigenvalue weighted by Crippen LogP contribution is -2.51. The molecule has 0 saturated carbocycles. The molecule has 0 aliphatic carbocycles. The summed E-state index contributed by atoms with van der Waals surface area (Å²) < 4.78 is 28.8. The number of hydrogen-bond donors (Lipinski definition) is 1. The Bertz CT molecular complexity index is 1420. The van der Waals surface area contributed by atoms with Crippen molar-refractivity contribution in [3.63, 3.8) is 0 Å². The molecule has 0 aliphatic rings. The molecule has 3 aromatic carbocycles. The SMILES string of the molecule is Cc1ccc(Cl)cc1N(CC(=O)N(Cc1ccccc1Cl)[C@H](C)C(=O)NCC(C)C)S(=O)(=O)c1ccccc1. The molecule has 208 valence electrons. The Morgan fingerprint density at radius 3 is 2.21 bits per heavy atom. The smallest absolute Gasteiger partial charge is 0.264 e. The predicted molar refractivity (Wildman–Crippen MR) is 156 cm³/mol. The molecule has 2 amide bonds. The van der Waals surface area contributed by atoms with Gasteiger partial charge in [-0.3, -0.25) is 13.9 Å². The number of hydrogen-bond acceptors (Lipinski definition) is 4. The zero-order valence-corrected chi connectivity index (χ0v) is 24.7. The number of carbonyl (C=O) groups excluding carboxylic acids is 2. The standard InChI is InChI=1S/C29H33Cl2N3O4S/c1-20(2)17-32-29(36)22(4)33(18-23-10-8-9-13-26(23)31)28(35)19-34(27-16-24(30)15-14-21(27)3)39(37,38)25-11-6-5-7-12-25/h5-16,20,22H,17-19H2,1-4H3,(H,32,36)/t22-/m1/s1. The van der Waals surface area contributed by atoms with E-state index < -0.39 is 28.5 Å². The van der Waals surface area contributed by atoms with E-state index in [1.807, 2.05) is 13.8 Å². The third-order valence-corrected chi connectivity index (χ3v) is 8.58. The van der Waals surface area contributed by atoms with Gasteiger partial charge in [0.15, 0.2) is 0 Å². The molecule has 1 N–H and O–H groups in total. The first kappa shape index (κ1) is 30.5. The average molecular weight is 591 g/mol. The summed E-state index contributed by atoms with van der Waals surface area (Å²) in [5, 5.41) is 3.62. The fourth-order valence-corrected chi connectivity index (χ4v) is 5.78. The van der Waals surface area contributed by atoms with Crippen molar-refractivity contribution in [3.05, 3.63) is 94.0 Å². The van der Waals surface area contributed by atoms with Gasteiger partial charge in [0.2, 0.25) is 11.8 Å². The number of nitrogens with one attached hydrogen (secondary N) is 1. The summed E-state index contributed by atoms with van der Waals surface area (Å²) in [6, 6.07) is 18.9. The minimum absolute atomic E-state index is 0.0164. The highest BCUT2D eigenvalue weighted by molar-refractivity contribution is 7.92. The number of anilines is 1. The van der Waals surface area contributed by atoms with Gasteiger partial charge in [0.05, 0.1) is 10.6 Å². The van der Waals surface area contributed by atoms with Gasteiger partial charge < -0.3 is 10.2 Å². The molecule has 0 heterocycles. The number of halogens is 2. The van der Waals surface area contributed by atoms with Crippen LogP contribution in [-0.2, 0) is 26.2 Å². The maximum atomic E-state index is 14.0. The van der Waals surface area contributed by atoms with Gasteiger partial charge in [-0.25, -0.2) is 8.42 Å². The van der Waals surface area contributed by atoms with E-state index in [9.17, 15) is 18.0 Å². The van der Waals surface area contributed by atoms with Crippen LogP contribution < -0.4 is 9.62 Å². The summed E-state index contributed by atoms with van der Waals surface area (Å²) >= 11 is 12.6. The second-order valence-corrected chi connectivity index (χ2v) is 12.4. The number of rotatable bonds is 11. The molecule has 0 aromatic heterocycles. The van der Waals surface area contributed by atoms with Gasteiger partial charge in [0.25, 0.3) is 10.0 Å². The molecule has 0 radical (unpaired) electrons. The maximum absolute atomic E-state index is 14.0. The molecule has 1 atom stereocenters. The minimum Gasteiger partial charge on any atom is -0.354 e. The van der Waals surface area contributed by atoms with Gasteiger partial charge in [-0.05, 0) is 61.2 Å². The molecule has 3 aromatic rings. The largest absolute Gasteiger partial charge is 0.354 e. The molecule has 0 saturated heterocycles. The summed E-state index contributed by atoms with van der Waals surface area (Å²) in [5.74, 6) is -0.701. The van der Waals surface area contributed by atoms with Crippen molar-refractivity contribution in [1.82, 2.24) is 10.2 Å². The van der Waals surface area contributed by atoms with Crippen LogP contribution in [0.2, 0.25) is 10.0 Å². The molecule has 0 unspecified atom stereocenters. The van der Waals surface area contributed by atoms with Gasteiger partial charge in [-0.2, -0.15) is 0 Å². The molecule has 10 heteroatoms. The quantitative estimate of drug-likeness (QED) is 0.311. The van der Waals surface area contributed by atoms with Crippen LogP contribution in [-0.4, -0.2) is 44.3 Å². The molecule has 0 spiro atoms. The Labute approximate surface area is 240 Å². The Hall–Kier alpha value is -3.07. The van der Waals surface area contributed by atoms with Crippen LogP contribution in [0.15, 0.2) is 77.7 Å². The number of nitrogens with zero attached hydrogens (tertiary/aromatic N) is 2. The monoisotopic (exact) mass is 589 g/mol. The van der Waals surface area contributed by atoms with Crippen molar-refractivity contribution < 1.29 is 18.0 Å². The third-order valence-electron chi connectivity index (χ3n) is 6.20. The molecule has 0 aliphatic heterocycles. The van der Waals surface area contributed by atoms with Crippen molar-refractivity contribution in [3.8, 4) is 0 Å². The van der Waals surface area contributed by atoms with E-state index in [0.717, 1.165) is 4.31 Å². The Morgan fingerprint density at radius 2 is 1.56 bits per heavy atom. The number of carbonyl (C=O) groups is 2. The zero-order valence-electron chi connectivity index (χ0n) is 22.4. The fourth-order valence-electron chi connectivity index (χ4n) is 3.93. The molecule has 7 nitrogen and oxygen atoms in total. The Kier molecular flexibility index (Phi) is 10.4. The molecule has 0 fully saturated rings. The summed E-state index contributed by atoms with van der Waals surface area (Å²) in [4.78, 5) is 28.4. The Morgan fingerprint density at radius 1 is 0.923 bits per heavy atom. The summed E-state index contributed by atoms with van der Waals surface area (Å²) in [5.41, 5.74) is 1.52. The lowest BCUT2D eigenvalue weighted by Gasteiger charge is -2.32. The van der Waals surface area contributed by atoms with Crippen LogP contribution in [0.4, 0.5) is 5.69 Å². The molecular formula is C29H33Cl2N3O4S. The summed E-state index contributed by atoms with van der Waals surface area (Å²) in [7, 11) is -4.17. The number of amides is 2. The van der Waals surface area contributed by atoms with Crippen LogP contribution in [0.3, 0.4) is 0 Å². The van der Waals surface area contributed by atoms with Gasteiger partial charge in [0.1, 0.15) is 12.6 Å². The number of sulfonamides is 1. The van der Waals surface area contributed by atoms with E-state index in [1.165, 1.54) is 23.1 Å². The second kappa shape index (κ2) is 13.3. The van der Waals surface area contributed by atoms with Gasteiger partial charge in [0, 0.05) is 23.1 Å². The van der Waals surface area contributed by atoms with E-state index in [4.69, 9.17) is 23.2 Å². The van der Waals surface area contributed by atoms with Gasteiger partial charge in [-0.15, -0.1) is 0 Å². The molecular weight excluding hydrogens is 557 g/mol. The first-order valence-corrected chi connectivity index (χ1v) is 14.8. The van der Waals surface area contributed by atoms with Gasteiger partial charge >= 0.3 is 0 Å². The van der Waals surface area contributed by atoms with Crippen molar-refractivity contribution in [2.24, 2.45) is 5.92 Å². The van der Waals surface area contributed by atoms with Crippen molar-refractivity contribution in [2.75, 3.05) is 17.4 Å². The Balaban J connectivity index is 2.05. The average Bonchev–Trinajstić information content (AvgIpc) is 2.91. The number of aryl methyl sites for hydroxylation is 1. The normalized spacial score (nSPS) is 12.2. The fraction of sp³-hybridized carbons (Fsp3) is 0.310.